The van der Waals surface area contributed by atoms with Gasteiger partial charge in [0.25, 0.3) is 0 Å². The normalized spacial score (nSPS) is 11.2. The van der Waals surface area contributed by atoms with Crippen molar-refractivity contribution in [2.45, 2.75) is 6.42 Å². The van der Waals surface area contributed by atoms with Crippen LogP contribution < -0.4 is 4.74 Å². The minimum atomic E-state index is -2.89. The molecular weight excluding hydrogens is 202 g/mol. The molecule has 1 heterocycles. The number of sulfone groups is 1. The maximum atomic E-state index is 10.8. The third-order valence-electron chi connectivity index (χ3n) is 1.50. The van der Waals surface area contributed by atoms with Crippen molar-refractivity contribution in [3.05, 3.63) is 24.4 Å². The Morgan fingerprint density at radius 1 is 1.57 bits per heavy atom. The van der Waals surface area contributed by atoms with E-state index < -0.39 is 9.84 Å². The van der Waals surface area contributed by atoms with Crippen LogP contribution in [0, 0.1) is 6.07 Å². The minimum absolute atomic E-state index is 0.145. The lowest BCUT2D eigenvalue weighted by atomic mass is 10.5. The molecule has 0 spiro atoms. The standard InChI is InChI=1S/C9H12NO3S/c1-14(11,12)8-4-7-13-9-5-2-3-6-10-9/h2,5-6H,4,7-8H2,1H3. The van der Waals surface area contributed by atoms with Gasteiger partial charge in [-0.1, -0.05) is 0 Å². The Balaban J connectivity index is 2.23. The highest BCUT2D eigenvalue weighted by Crippen LogP contribution is 2.03. The van der Waals surface area contributed by atoms with E-state index >= 15 is 0 Å². The molecule has 0 unspecified atom stereocenters. The van der Waals surface area contributed by atoms with Crippen LogP contribution in [-0.4, -0.2) is 32.0 Å². The number of hydrogen-bond acceptors (Lipinski definition) is 4. The highest BCUT2D eigenvalue weighted by atomic mass is 32.2. The van der Waals surface area contributed by atoms with Gasteiger partial charge in [0, 0.05) is 24.6 Å². The van der Waals surface area contributed by atoms with E-state index in [0.717, 1.165) is 0 Å². The van der Waals surface area contributed by atoms with Crippen molar-refractivity contribution in [3.8, 4) is 5.88 Å². The zero-order chi connectivity index (χ0) is 10.4. The first-order valence-electron chi connectivity index (χ1n) is 4.20. The topological polar surface area (TPSA) is 56.3 Å². The first kappa shape index (κ1) is 11.0. The highest BCUT2D eigenvalue weighted by Gasteiger charge is 2.01. The van der Waals surface area contributed by atoms with Crippen LogP contribution in [-0.2, 0) is 9.84 Å². The molecule has 4 nitrogen and oxygen atoms in total. The number of ether oxygens (including phenoxy) is 1. The zero-order valence-electron chi connectivity index (χ0n) is 7.93. The van der Waals surface area contributed by atoms with E-state index in [-0.39, 0.29) is 5.75 Å². The summed E-state index contributed by atoms with van der Waals surface area (Å²) < 4.78 is 26.7. The van der Waals surface area contributed by atoms with Crippen molar-refractivity contribution >= 4 is 9.84 Å². The second kappa shape index (κ2) is 4.95. The Kier molecular flexibility index (Phi) is 3.88. The fraction of sp³-hybridized carbons (Fsp3) is 0.444. The lowest BCUT2D eigenvalue weighted by Gasteiger charge is -2.03. The van der Waals surface area contributed by atoms with Crippen LogP contribution in [0.1, 0.15) is 6.42 Å². The quantitative estimate of drug-likeness (QED) is 0.677. The van der Waals surface area contributed by atoms with Gasteiger partial charge in [-0.25, -0.2) is 13.4 Å². The van der Waals surface area contributed by atoms with Gasteiger partial charge in [-0.15, -0.1) is 0 Å². The molecule has 0 bridgehead atoms. The van der Waals surface area contributed by atoms with Gasteiger partial charge in [-0.3, -0.25) is 0 Å². The van der Waals surface area contributed by atoms with Crippen LogP contribution in [0.4, 0.5) is 0 Å². The summed E-state index contributed by atoms with van der Waals surface area (Å²) in [6.45, 7) is 0.365. The fourth-order valence-electron chi connectivity index (χ4n) is 0.890. The zero-order valence-corrected chi connectivity index (χ0v) is 8.75. The van der Waals surface area contributed by atoms with E-state index in [1.54, 1.807) is 12.1 Å². The second-order valence-electron chi connectivity index (χ2n) is 2.93. The second-order valence-corrected chi connectivity index (χ2v) is 5.19. The highest BCUT2D eigenvalue weighted by molar-refractivity contribution is 7.90. The van der Waals surface area contributed by atoms with Crippen LogP contribution in [0.15, 0.2) is 18.3 Å². The summed E-state index contributed by atoms with van der Waals surface area (Å²) in [5.41, 5.74) is 0. The molecule has 0 amide bonds. The number of pyridine rings is 1. The average Bonchev–Trinajstić information content (AvgIpc) is 2.13. The molecule has 1 rings (SSSR count). The summed E-state index contributed by atoms with van der Waals surface area (Å²) in [5.74, 6) is 0.642. The van der Waals surface area contributed by atoms with Crippen LogP contribution >= 0.6 is 0 Å². The molecule has 0 fully saturated rings. The SMILES string of the molecule is CS(=O)(=O)CCCOc1cc[c]cn1. The van der Waals surface area contributed by atoms with Gasteiger partial charge in [0.15, 0.2) is 0 Å². The largest absolute Gasteiger partial charge is 0.478 e. The Morgan fingerprint density at radius 2 is 2.36 bits per heavy atom. The maximum Gasteiger partial charge on any atom is 0.213 e. The van der Waals surface area contributed by atoms with E-state index in [1.165, 1.54) is 12.5 Å². The van der Waals surface area contributed by atoms with Gasteiger partial charge in [0.1, 0.15) is 9.84 Å². The third-order valence-corrected chi connectivity index (χ3v) is 2.53. The summed E-state index contributed by atoms with van der Waals surface area (Å²) >= 11 is 0. The molecule has 0 saturated heterocycles. The van der Waals surface area contributed by atoms with Gasteiger partial charge < -0.3 is 4.74 Å². The lowest BCUT2D eigenvalue weighted by molar-refractivity contribution is 0.305. The molecule has 0 atom stereocenters. The lowest BCUT2D eigenvalue weighted by Crippen LogP contribution is -2.08. The van der Waals surface area contributed by atoms with Crippen molar-refractivity contribution in [3.63, 3.8) is 0 Å². The first-order chi connectivity index (χ1) is 6.58. The molecule has 0 aromatic carbocycles. The van der Waals surface area contributed by atoms with Crippen LogP contribution in [0.25, 0.3) is 0 Å². The van der Waals surface area contributed by atoms with Gasteiger partial charge >= 0.3 is 0 Å². The molecular formula is C9H12NO3S. The monoisotopic (exact) mass is 214 g/mol. The third kappa shape index (κ3) is 4.81. The number of aromatic nitrogens is 1. The molecule has 0 aliphatic carbocycles. The molecule has 0 aliphatic rings. The summed E-state index contributed by atoms with van der Waals surface area (Å²) in [5, 5.41) is 0. The van der Waals surface area contributed by atoms with Crippen LogP contribution in [0.5, 0.6) is 5.88 Å². The predicted octanol–water partition coefficient (Wildman–Crippen LogP) is 0.695. The molecule has 0 saturated carbocycles. The Bertz CT molecular complexity index is 361. The summed E-state index contributed by atoms with van der Waals surface area (Å²) in [6, 6.07) is 6.13. The molecule has 0 aliphatic heterocycles. The molecule has 77 valence electrons. The number of nitrogens with zero attached hydrogens (tertiary/aromatic N) is 1. The predicted molar refractivity (Wildman–Crippen MR) is 52.9 cm³/mol. The van der Waals surface area contributed by atoms with Crippen molar-refractivity contribution in [1.29, 1.82) is 0 Å². The van der Waals surface area contributed by atoms with E-state index in [4.69, 9.17) is 4.74 Å². The van der Waals surface area contributed by atoms with Gasteiger partial charge in [0.2, 0.25) is 5.88 Å². The molecule has 14 heavy (non-hydrogen) atoms. The Hall–Kier alpha value is -1.10. The van der Waals surface area contributed by atoms with Gasteiger partial charge in [0.05, 0.1) is 12.4 Å². The van der Waals surface area contributed by atoms with E-state index in [9.17, 15) is 8.42 Å². The van der Waals surface area contributed by atoms with E-state index in [2.05, 4.69) is 11.1 Å². The van der Waals surface area contributed by atoms with E-state index in [0.29, 0.717) is 18.9 Å². The molecule has 5 heteroatoms. The van der Waals surface area contributed by atoms with Crippen LogP contribution in [0.2, 0.25) is 0 Å². The molecule has 1 aromatic rings. The average molecular weight is 214 g/mol. The van der Waals surface area contributed by atoms with Crippen molar-refractivity contribution in [2.24, 2.45) is 0 Å². The van der Waals surface area contributed by atoms with E-state index in [1.807, 2.05) is 0 Å². The fourth-order valence-corrected chi connectivity index (χ4v) is 1.53. The summed E-state index contributed by atoms with van der Waals surface area (Å²) in [6.07, 6.45) is 3.20. The van der Waals surface area contributed by atoms with Crippen molar-refractivity contribution < 1.29 is 13.2 Å². The summed E-state index contributed by atoms with van der Waals surface area (Å²) in [7, 11) is -2.89. The Morgan fingerprint density at radius 3 is 2.93 bits per heavy atom. The smallest absolute Gasteiger partial charge is 0.213 e. The minimum Gasteiger partial charge on any atom is -0.478 e. The maximum absolute atomic E-state index is 10.8. The molecule has 0 N–H and O–H groups in total. The Labute approximate surface area is 83.8 Å². The first-order valence-corrected chi connectivity index (χ1v) is 6.26. The number of hydrogen-bond donors (Lipinski definition) is 0. The van der Waals surface area contributed by atoms with Crippen molar-refractivity contribution in [1.82, 2.24) is 4.98 Å². The summed E-state index contributed by atoms with van der Waals surface area (Å²) in [4.78, 5) is 3.89. The molecule has 1 radical (unpaired) electrons. The van der Waals surface area contributed by atoms with Crippen molar-refractivity contribution in [2.75, 3.05) is 18.6 Å². The van der Waals surface area contributed by atoms with Gasteiger partial charge in [-0.05, 0) is 12.5 Å². The van der Waals surface area contributed by atoms with Gasteiger partial charge in [-0.2, -0.15) is 0 Å². The molecule has 1 aromatic heterocycles. The van der Waals surface area contributed by atoms with Crippen LogP contribution in [0.3, 0.4) is 0 Å². The number of rotatable bonds is 5.